The van der Waals surface area contributed by atoms with Crippen LogP contribution in [0.15, 0.2) is 0 Å². The van der Waals surface area contributed by atoms with Gasteiger partial charge in [0.05, 0.1) is 6.10 Å². The minimum absolute atomic E-state index is 0.152. The molecule has 0 bridgehead atoms. The van der Waals surface area contributed by atoms with E-state index in [0.717, 1.165) is 26.1 Å². The molecule has 3 nitrogen and oxygen atoms in total. The zero-order valence-electron chi connectivity index (χ0n) is 8.58. The fraction of sp³-hybridized carbons (Fsp3) is 1.00. The molecule has 1 aliphatic rings. The van der Waals surface area contributed by atoms with Gasteiger partial charge in [0.25, 0.3) is 0 Å². The van der Waals surface area contributed by atoms with Crippen LogP contribution in [-0.2, 0) is 0 Å². The lowest BCUT2D eigenvalue weighted by atomic mass is 9.93. The lowest BCUT2D eigenvalue weighted by Gasteiger charge is -2.34. The number of aliphatic hydroxyl groups is 1. The summed E-state index contributed by atoms with van der Waals surface area (Å²) < 4.78 is 0. The SMILES string of the molecule is CC(O)C1CCCN(CCCN)C1. The fourth-order valence-corrected chi connectivity index (χ4v) is 2.00. The first-order chi connectivity index (χ1) is 6.24. The zero-order valence-corrected chi connectivity index (χ0v) is 8.58. The summed E-state index contributed by atoms with van der Waals surface area (Å²) in [7, 11) is 0. The third-order valence-electron chi connectivity index (χ3n) is 2.90. The lowest BCUT2D eigenvalue weighted by molar-refractivity contribution is 0.0627. The Morgan fingerprint density at radius 2 is 2.38 bits per heavy atom. The topological polar surface area (TPSA) is 49.5 Å². The predicted octanol–water partition coefficient (Wildman–Crippen LogP) is 0.428. The smallest absolute Gasteiger partial charge is 0.0552 e. The molecule has 0 radical (unpaired) electrons. The van der Waals surface area contributed by atoms with E-state index in [0.29, 0.717) is 5.92 Å². The van der Waals surface area contributed by atoms with Crippen LogP contribution in [0.5, 0.6) is 0 Å². The molecule has 3 heteroatoms. The molecule has 0 aliphatic carbocycles. The lowest BCUT2D eigenvalue weighted by Crippen LogP contribution is -2.40. The summed E-state index contributed by atoms with van der Waals surface area (Å²) in [5, 5.41) is 9.47. The second-order valence-electron chi connectivity index (χ2n) is 4.09. The van der Waals surface area contributed by atoms with Crippen LogP contribution in [-0.4, -0.2) is 42.3 Å². The molecule has 13 heavy (non-hydrogen) atoms. The Bertz CT molecular complexity index is 139. The molecule has 78 valence electrons. The average Bonchev–Trinajstić information content (AvgIpc) is 2.15. The Labute approximate surface area is 80.9 Å². The van der Waals surface area contributed by atoms with Gasteiger partial charge in [0, 0.05) is 6.54 Å². The van der Waals surface area contributed by atoms with Gasteiger partial charge in [0.15, 0.2) is 0 Å². The molecule has 1 rings (SSSR count). The summed E-state index contributed by atoms with van der Waals surface area (Å²) >= 11 is 0. The quantitative estimate of drug-likeness (QED) is 0.669. The number of hydrogen-bond acceptors (Lipinski definition) is 3. The Morgan fingerprint density at radius 3 is 3.00 bits per heavy atom. The van der Waals surface area contributed by atoms with E-state index >= 15 is 0 Å². The maximum absolute atomic E-state index is 9.47. The van der Waals surface area contributed by atoms with E-state index in [4.69, 9.17) is 5.73 Å². The molecule has 0 aromatic rings. The van der Waals surface area contributed by atoms with Crippen molar-refractivity contribution in [2.75, 3.05) is 26.2 Å². The van der Waals surface area contributed by atoms with Crippen molar-refractivity contribution < 1.29 is 5.11 Å². The molecule has 0 aromatic carbocycles. The summed E-state index contributed by atoms with van der Waals surface area (Å²) in [6.07, 6.45) is 3.32. The Morgan fingerprint density at radius 1 is 1.62 bits per heavy atom. The summed E-state index contributed by atoms with van der Waals surface area (Å²) in [6.45, 7) is 6.01. The first-order valence-electron chi connectivity index (χ1n) is 5.34. The van der Waals surface area contributed by atoms with Crippen LogP contribution in [0.4, 0.5) is 0 Å². The van der Waals surface area contributed by atoms with E-state index in [1.165, 1.54) is 19.4 Å². The van der Waals surface area contributed by atoms with E-state index < -0.39 is 0 Å². The van der Waals surface area contributed by atoms with Gasteiger partial charge in [-0.3, -0.25) is 0 Å². The second-order valence-corrected chi connectivity index (χ2v) is 4.09. The van der Waals surface area contributed by atoms with E-state index in [9.17, 15) is 5.11 Å². The Kier molecular flexibility index (Phi) is 4.70. The van der Waals surface area contributed by atoms with Gasteiger partial charge in [-0.1, -0.05) is 0 Å². The van der Waals surface area contributed by atoms with Gasteiger partial charge in [-0.25, -0.2) is 0 Å². The van der Waals surface area contributed by atoms with Crippen molar-refractivity contribution in [1.82, 2.24) is 4.90 Å². The third-order valence-corrected chi connectivity index (χ3v) is 2.90. The molecule has 1 heterocycles. The number of hydrogen-bond donors (Lipinski definition) is 2. The second kappa shape index (κ2) is 5.58. The van der Waals surface area contributed by atoms with E-state index in [1.54, 1.807) is 0 Å². The maximum Gasteiger partial charge on any atom is 0.0552 e. The van der Waals surface area contributed by atoms with Crippen LogP contribution in [0, 0.1) is 5.92 Å². The van der Waals surface area contributed by atoms with Crippen molar-refractivity contribution in [2.24, 2.45) is 11.7 Å². The van der Waals surface area contributed by atoms with E-state index in [2.05, 4.69) is 4.90 Å². The van der Waals surface area contributed by atoms with Gasteiger partial charge in [0.2, 0.25) is 0 Å². The molecule has 1 aliphatic heterocycles. The Hall–Kier alpha value is -0.120. The normalized spacial score (nSPS) is 27.5. The molecule has 2 atom stereocenters. The summed E-state index contributed by atoms with van der Waals surface area (Å²) in [6, 6.07) is 0. The van der Waals surface area contributed by atoms with Crippen LogP contribution in [0.1, 0.15) is 26.2 Å². The highest BCUT2D eigenvalue weighted by Gasteiger charge is 2.22. The highest BCUT2D eigenvalue weighted by Crippen LogP contribution is 2.19. The zero-order chi connectivity index (χ0) is 9.68. The van der Waals surface area contributed by atoms with Gasteiger partial charge in [-0.05, 0) is 51.7 Å². The number of nitrogens with zero attached hydrogens (tertiary/aromatic N) is 1. The highest BCUT2D eigenvalue weighted by atomic mass is 16.3. The van der Waals surface area contributed by atoms with Crippen LogP contribution in [0.25, 0.3) is 0 Å². The molecule has 1 saturated heterocycles. The average molecular weight is 186 g/mol. The van der Waals surface area contributed by atoms with Gasteiger partial charge >= 0.3 is 0 Å². The van der Waals surface area contributed by atoms with E-state index in [1.807, 2.05) is 6.92 Å². The fourth-order valence-electron chi connectivity index (χ4n) is 2.00. The first-order valence-corrected chi connectivity index (χ1v) is 5.34. The van der Waals surface area contributed by atoms with Crippen molar-refractivity contribution in [1.29, 1.82) is 0 Å². The van der Waals surface area contributed by atoms with Crippen LogP contribution >= 0.6 is 0 Å². The van der Waals surface area contributed by atoms with Gasteiger partial charge in [-0.15, -0.1) is 0 Å². The van der Waals surface area contributed by atoms with Crippen molar-refractivity contribution in [3.05, 3.63) is 0 Å². The number of rotatable bonds is 4. The molecule has 0 amide bonds. The molecular formula is C10H22N2O. The van der Waals surface area contributed by atoms with Crippen molar-refractivity contribution in [2.45, 2.75) is 32.3 Å². The first kappa shape index (κ1) is 11.0. The van der Waals surface area contributed by atoms with Gasteiger partial charge < -0.3 is 15.7 Å². The van der Waals surface area contributed by atoms with E-state index in [-0.39, 0.29) is 6.10 Å². The predicted molar refractivity (Wildman–Crippen MR) is 54.5 cm³/mol. The van der Waals surface area contributed by atoms with Crippen LogP contribution in [0.3, 0.4) is 0 Å². The van der Waals surface area contributed by atoms with Crippen LogP contribution in [0.2, 0.25) is 0 Å². The minimum atomic E-state index is -0.152. The molecule has 0 saturated carbocycles. The van der Waals surface area contributed by atoms with Crippen molar-refractivity contribution in [3.63, 3.8) is 0 Å². The number of piperidine rings is 1. The number of nitrogens with two attached hydrogens (primary N) is 1. The van der Waals surface area contributed by atoms with Gasteiger partial charge in [0.1, 0.15) is 0 Å². The largest absolute Gasteiger partial charge is 0.393 e. The number of likely N-dealkylation sites (tertiary alicyclic amines) is 1. The molecule has 3 N–H and O–H groups in total. The monoisotopic (exact) mass is 186 g/mol. The number of aliphatic hydroxyl groups excluding tert-OH is 1. The van der Waals surface area contributed by atoms with Gasteiger partial charge in [-0.2, -0.15) is 0 Å². The van der Waals surface area contributed by atoms with Crippen molar-refractivity contribution >= 4 is 0 Å². The summed E-state index contributed by atoms with van der Waals surface area (Å²) in [4.78, 5) is 2.42. The molecule has 0 spiro atoms. The summed E-state index contributed by atoms with van der Waals surface area (Å²) in [5.41, 5.74) is 5.46. The molecule has 2 unspecified atom stereocenters. The standard InChI is InChI=1S/C10H22N2O/c1-9(13)10-4-2-6-12(8-10)7-3-5-11/h9-10,13H,2-8,11H2,1H3. The highest BCUT2D eigenvalue weighted by molar-refractivity contribution is 4.76. The molecule has 1 fully saturated rings. The molecule has 0 aromatic heterocycles. The third kappa shape index (κ3) is 3.63. The summed E-state index contributed by atoms with van der Waals surface area (Å²) in [5.74, 6) is 0.478. The minimum Gasteiger partial charge on any atom is -0.393 e. The maximum atomic E-state index is 9.47. The molecular weight excluding hydrogens is 164 g/mol. The Balaban J connectivity index is 2.25. The van der Waals surface area contributed by atoms with Crippen molar-refractivity contribution in [3.8, 4) is 0 Å². The van der Waals surface area contributed by atoms with Crippen LogP contribution < -0.4 is 5.73 Å².